The third-order valence-electron chi connectivity index (χ3n) is 3.54. The van der Waals surface area contributed by atoms with E-state index in [1.807, 2.05) is 0 Å². The average molecular weight is 196 g/mol. The molecule has 0 aromatic carbocycles. The van der Waals surface area contributed by atoms with Crippen molar-refractivity contribution in [1.82, 2.24) is 10.2 Å². The fraction of sp³-hybridized carbons (Fsp3) is 0.909. The Balaban J connectivity index is 1.71. The number of nitrogens with one attached hydrogen (secondary N) is 1. The molecule has 0 atom stereocenters. The smallest absolute Gasteiger partial charge is 0.223 e. The topological polar surface area (TPSA) is 32.3 Å². The van der Waals surface area contributed by atoms with Gasteiger partial charge in [-0.2, -0.15) is 0 Å². The molecule has 1 aliphatic carbocycles. The highest BCUT2D eigenvalue weighted by atomic mass is 16.2. The van der Waals surface area contributed by atoms with Gasteiger partial charge in [0.2, 0.25) is 5.91 Å². The predicted octanol–water partition coefficient (Wildman–Crippen LogP) is 0.997. The second-order valence-corrected chi connectivity index (χ2v) is 4.71. The van der Waals surface area contributed by atoms with E-state index in [4.69, 9.17) is 0 Å². The van der Waals surface area contributed by atoms with Gasteiger partial charge in [-0.05, 0) is 45.8 Å². The number of nitrogens with zero attached hydrogens (tertiary/aromatic N) is 1. The third kappa shape index (κ3) is 2.27. The number of carbonyl (C=O) groups is 1. The third-order valence-corrected chi connectivity index (χ3v) is 3.54. The van der Waals surface area contributed by atoms with E-state index in [1.165, 1.54) is 6.42 Å². The molecule has 0 spiro atoms. The van der Waals surface area contributed by atoms with E-state index in [-0.39, 0.29) is 0 Å². The van der Waals surface area contributed by atoms with E-state index < -0.39 is 0 Å². The number of rotatable bonds is 2. The first-order valence-electron chi connectivity index (χ1n) is 5.74. The Morgan fingerprint density at radius 1 is 1.21 bits per heavy atom. The van der Waals surface area contributed by atoms with Crippen LogP contribution in [0.15, 0.2) is 0 Å². The molecule has 1 N–H and O–H groups in total. The van der Waals surface area contributed by atoms with Gasteiger partial charge in [0.1, 0.15) is 0 Å². The van der Waals surface area contributed by atoms with Crippen molar-refractivity contribution >= 4 is 5.91 Å². The van der Waals surface area contributed by atoms with Crippen LogP contribution >= 0.6 is 0 Å². The van der Waals surface area contributed by atoms with Gasteiger partial charge in [-0.25, -0.2) is 0 Å². The molecule has 1 heterocycles. The van der Waals surface area contributed by atoms with Crippen LogP contribution in [0.4, 0.5) is 0 Å². The lowest BCUT2D eigenvalue weighted by Crippen LogP contribution is -2.46. The van der Waals surface area contributed by atoms with Crippen molar-refractivity contribution in [2.24, 2.45) is 5.92 Å². The maximum Gasteiger partial charge on any atom is 0.223 e. The molecule has 1 saturated carbocycles. The number of carbonyl (C=O) groups excluding carboxylic acids is 1. The number of amides is 1. The molecule has 2 aliphatic rings. The van der Waals surface area contributed by atoms with Gasteiger partial charge < -0.3 is 10.2 Å². The van der Waals surface area contributed by atoms with E-state index in [9.17, 15) is 4.79 Å². The highest BCUT2D eigenvalue weighted by Crippen LogP contribution is 2.26. The molecular weight excluding hydrogens is 176 g/mol. The molecule has 0 bridgehead atoms. The number of hydrogen-bond acceptors (Lipinski definition) is 2. The van der Waals surface area contributed by atoms with E-state index in [2.05, 4.69) is 17.3 Å². The van der Waals surface area contributed by atoms with E-state index in [1.54, 1.807) is 0 Å². The van der Waals surface area contributed by atoms with Gasteiger partial charge in [0, 0.05) is 12.0 Å². The van der Waals surface area contributed by atoms with Crippen molar-refractivity contribution in [1.29, 1.82) is 0 Å². The molecule has 1 saturated heterocycles. The standard InChI is InChI=1S/C11H20N2O/c1-13-7-5-10(6-8-13)12-11(14)9-3-2-4-9/h9-10H,2-8H2,1H3,(H,12,14). The fourth-order valence-electron chi connectivity index (χ4n) is 2.14. The lowest BCUT2D eigenvalue weighted by Gasteiger charge is -2.32. The Morgan fingerprint density at radius 2 is 1.86 bits per heavy atom. The van der Waals surface area contributed by atoms with Gasteiger partial charge in [0.05, 0.1) is 0 Å². The Hall–Kier alpha value is -0.570. The molecule has 14 heavy (non-hydrogen) atoms. The largest absolute Gasteiger partial charge is 0.353 e. The summed E-state index contributed by atoms with van der Waals surface area (Å²) in [6.45, 7) is 2.24. The highest BCUT2D eigenvalue weighted by molar-refractivity contribution is 5.79. The van der Waals surface area contributed by atoms with Gasteiger partial charge in [-0.15, -0.1) is 0 Å². The molecule has 2 rings (SSSR count). The average Bonchev–Trinajstić information content (AvgIpc) is 2.06. The Bertz CT molecular complexity index is 205. The summed E-state index contributed by atoms with van der Waals surface area (Å²) in [6, 6.07) is 0.444. The van der Waals surface area contributed by atoms with Crippen molar-refractivity contribution in [3.8, 4) is 0 Å². The zero-order chi connectivity index (χ0) is 9.97. The molecule has 1 aliphatic heterocycles. The monoisotopic (exact) mass is 196 g/mol. The summed E-state index contributed by atoms with van der Waals surface area (Å²) in [5.74, 6) is 0.653. The number of piperidine rings is 1. The van der Waals surface area contributed by atoms with Crippen LogP contribution in [0.5, 0.6) is 0 Å². The summed E-state index contributed by atoms with van der Waals surface area (Å²) in [4.78, 5) is 14.0. The first kappa shape index (κ1) is 9.97. The van der Waals surface area contributed by atoms with Crippen molar-refractivity contribution in [3.05, 3.63) is 0 Å². The van der Waals surface area contributed by atoms with E-state index >= 15 is 0 Å². The Kier molecular flexibility index (Phi) is 3.06. The molecule has 0 aromatic heterocycles. The number of hydrogen-bond donors (Lipinski definition) is 1. The first-order valence-corrected chi connectivity index (χ1v) is 5.74. The SMILES string of the molecule is CN1CCC(NC(=O)C2CCC2)CC1. The Labute approximate surface area is 85.8 Å². The van der Waals surface area contributed by atoms with Crippen molar-refractivity contribution in [2.45, 2.75) is 38.1 Å². The van der Waals surface area contributed by atoms with E-state index in [0.717, 1.165) is 38.8 Å². The summed E-state index contributed by atoms with van der Waals surface area (Å²) < 4.78 is 0. The minimum absolute atomic E-state index is 0.311. The van der Waals surface area contributed by atoms with Gasteiger partial charge in [-0.1, -0.05) is 6.42 Å². The van der Waals surface area contributed by atoms with Crippen LogP contribution in [0, 0.1) is 5.92 Å². The molecule has 0 unspecified atom stereocenters. The first-order chi connectivity index (χ1) is 6.75. The maximum atomic E-state index is 11.7. The lowest BCUT2D eigenvalue weighted by molar-refractivity contribution is -0.128. The van der Waals surface area contributed by atoms with Gasteiger partial charge >= 0.3 is 0 Å². The van der Waals surface area contributed by atoms with Crippen LogP contribution in [-0.4, -0.2) is 37.0 Å². The van der Waals surface area contributed by atoms with E-state index in [0.29, 0.717) is 17.9 Å². The van der Waals surface area contributed by atoms with Crippen molar-refractivity contribution < 1.29 is 4.79 Å². The van der Waals surface area contributed by atoms with Crippen LogP contribution < -0.4 is 5.32 Å². The molecule has 0 radical (unpaired) electrons. The van der Waals surface area contributed by atoms with Crippen LogP contribution in [0.3, 0.4) is 0 Å². The van der Waals surface area contributed by atoms with Crippen molar-refractivity contribution in [3.63, 3.8) is 0 Å². The predicted molar refractivity (Wildman–Crippen MR) is 56.0 cm³/mol. The molecule has 2 fully saturated rings. The molecule has 0 aromatic rings. The van der Waals surface area contributed by atoms with Gasteiger partial charge in [-0.3, -0.25) is 4.79 Å². The zero-order valence-electron chi connectivity index (χ0n) is 8.96. The second kappa shape index (κ2) is 4.30. The maximum absolute atomic E-state index is 11.7. The summed E-state index contributed by atoms with van der Waals surface area (Å²) in [5, 5.41) is 3.18. The van der Waals surface area contributed by atoms with Crippen molar-refractivity contribution in [2.75, 3.05) is 20.1 Å². The molecular formula is C11H20N2O. The van der Waals surface area contributed by atoms with Gasteiger partial charge in [0.15, 0.2) is 0 Å². The minimum Gasteiger partial charge on any atom is -0.353 e. The fourth-order valence-corrected chi connectivity index (χ4v) is 2.14. The van der Waals surface area contributed by atoms with Crippen LogP contribution in [-0.2, 0) is 4.79 Å². The number of likely N-dealkylation sites (tertiary alicyclic amines) is 1. The van der Waals surface area contributed by atoms with Crippen LogP contribution in [0.1, 0.15) is 32.1 Å². The van der Waals surface area contributed by atoms with Crippen LogP contribution in [0.25, 0.3) is 0 Å². The quantitative estimate of drug-likeness (QED) is 0.714. The normalized spacial score (nSPS) is 25.8. The summed E-state index contributed by atoms with van der Waals surface area (Å²) in [7, 11) is 2.14. The summed E-state index contributed by atoms with van der Waals surface area (Å²) in [5.41, 5.74) is 0. The molecule has 1 amide bonds. The lowest BCUT2D eigenvalue weighted by atomic mass is 9.84. The second-order valence-electron chi connectivity index (χ2n) is 4.71. The highest BCUT2D eigenvalue weighted by Gasteiger charge is 2.27. The summed E-state index contributed by atoms with van der Waals surface area (Å²) in [6.07, 6.45) is 5.70. The van der Waals surface area contributed by atoms with Gasteiger partial charge in [0.25, 0.3) is 0 Å². The zero-order valence-corrected chi connectivity index (χ0v) is 8.96. The summed E-state index contributed by atoms with van der Waals surface area (Å²) >= 11 is 0. The molecule has 80 valence electrons. The Morgan fingerprint density at radius 3 is 2.36 bits per heavy atom. The van der Waals surface area contributed by atoms with Crippen LogP contribution in [0.2, 0.25) is 0 Å². The molecule has 3 heteroatoms. The minimum atomic E-state index is 0.311. The molecule has 3 nitrogen and oxygen atoms in total.